The normalized spacial score (nSPS) is 15.5. The van der Waals surface area contributed by atoms with Crippen LogP contribution in [0.25, 0.3) is 82.3 Å². The zero-order chi connectivity index (χ0) is 34.7. The lowest BCUT2D eigenvalue weighted by Gasteiger charge is -2.35. The van der Waals surface area contributed by atoms with Crippen LogP contribution >= 0.6 is 11.3 Å². The third kappa shape index (κ3) is 3.88. The van der Waals surface area contributed by atoms with Crippen LogP contribution in [0.2, 0.25) is 0 Å². The van der Waals surface area contributed by atoms with E-state index in [4.69, 9.17) is 9.97 Å². The van der Waals surface area contributed by atoms with Gasteiger partial charge in [-0.2, -0.15) is 0 Å². The van der Waals surface area contributed by atoms with E-state index in [9.17, 15) is 0 Å². The summed E-state index contributed by atoms with van der Waals surface area (Å²) >= 11 is 1.89. The number of nitrogens with zero attached hydrogens (tertiary/aromatic N) is 3. The summed E-state index contributed by atoms with van der Waals surface area (Å²) in [6.07, 6.45) is 8.49. The van der Waals surface area contributed by atoms with E-state index in [1.165, 1.54) is 64.7 Å². The van der Waals surface area contributed by atoms with E-state index in [1.54, 1.807) is 0 Å². The second kappa shape index (κ2) is 10.7. The molecule has 246 valence electrons. The summed E-state index contributed by atoms with van der Waals surface area (Å²) in [4.78, 5) is 9.87. The molecule has 0 saturated carbocycles. The van der Waals surface area contributed by atoms with Gasteiger partial charge in [0.1, 0.15) is 11.5 Å². The van der Waals surface area contributed by atoms with Crippen molar-refractivity contribution in [2.24, 2.45) is 0 Å². The largest absolute Gasteiger partial charge is 0.278 e. The van der Waals surface area contributed by atoms with Gasteiger partial charge in [-0.25, -0.2) is 9.97 Å². The molecule has 0 aliphatic heterocycles. The Morgan fingerprint density at radius 2 is 1.25 bits per heavy atom. The van der Waals surface area contributed by atoms with Crippen LogP contribution in [0, 0.1) is 0 Å². The monoisotopic (exact) mass is 691 g/mol. The molecule has 3 nitrogen and oxygen atoms in total. The summed E-state index contributed by atoms with van der Waals surface area (Å²) in [5.41, 5.74) is 14.1. The number of rotatable bonds is 2. The molecule has 10 aromatic rings. The highest BCUT2D eigenvalue weighted by Gasteiger charge is 2.48. The van der Waals surface area contributed by atoms with E-state index < -0.39 is 5.41 Å². The topological polar surface area (TPSA) is 30.7 Å². The van der Waals surface area contributed by atoms with Crippen molar-refractivity contribution in [3.05, 3.63) is 197 Å². The molecule has 4 heterocycles. The number of para-hydroxylation sites is 1. The number of benzene rings is 6. The van der Waals surface area contributed by atoms with Crippen molar-refractivity contribution < 1.29 is 0 Å². The molecule has 0 amide bonds. The van der Waals surface area contributed by atoms with Crippen LogP contribution in [-0.4, -0.2) is 14.5 Å². The fourth-order valence-corrected chi connectivity index (χ4v) is 10.4. The smallest absolute Gasteiger partial charge is 0.146 e. The molecule has 0 bridgehead atoms. The minimum absolute atomic E-state index is 0.520. The second-order valence-corrected chi connectivity index (χ2v) is 15.2. The van der Waals surface area contributed by atoms with Crippen LogP contribution < -0.4 is 0 Å². The predicted molar refractivity (Wildman–Crippen MR) is 221 cm³/mol. The summed E-state index contributed by atoms with van der Waals surface area (Å²) in [5, 5.41) is 4.93. The van der Waals surface area contributed by atoms with Crippen LogP contribution in [-0.2, 0) is 5.41 Å². The van der Waals surface area contributed by atoms with Gasteiger partial charge in [-0.15, -0.1) is 11.3 Å². The van der Waals surface area contributed by atoms with Gasteiger partial charge in [0, 0.05) is 48.9 Å². The van der Waals surface area contributed by atoms with Crippen molar-refractivity contribution in [2.75, 3.05) is 0 Å². The fraction of sp³-hybridized carbons (Fsp3) is 0.0204. The summed E-state index contributed by atoms with van der Waals surface area (Å²) in [5.74, 6) is 0.864. The first-order valence-electron chi connectivity index (χ1n) is 18.1. The maximum absolute atomic E-state index is 5.16. The van der Waals surface area contributed by atoms with Crippen molar-refractivity contribution in [3.8, 4) is 28.1 Å². The number of hydrogen-bond donors (Lipinski definition) is 0. The van der Waals surface area contributed by atoms with Gasteiger partial charge in [-0.1, -0.05) is 115 Å². The highest BCUT2D eigenvalue weighted by molar-refractivity contribution is 7.25. The average molecular weight is 692 g/mol. The predicted octanol–water partition coefficient (Wildman–Crippen LogP) is 12.5. The Hall–Kier alpha value is -6.62. The molecule has 0 N–H and O–H groups in total. The Kier molecular flexibility index (Phi) is 5.86. The summed E-state index contributed by atoms with van der Waals surface area (Å²) < 4.78 is 4.82. The third-order valence-corrected chi connectivity index (χ3v) is 12.7. The molecule has 4 heteroatoms. The molecule has 53 heavy (non-hydrogen) atoms. The van der Waals surface area contributed by atoms with E-state index in [-0.39, 0.29) is 0 Å². The first-order valence-corrected chi connectivity index (χ1v) is 18.9. The van der Waals surface area contributed by atoms with Crippen LogP contribution in [0.15, 0.2) is 164 Å². The van der Waals surface area contributed by atoms with Crippen LogP contribution in [0.5, 0.6) is 0 Å². The molecule has 0 radical (unpaired) electrons. The quantitative estimate of drug-likeness (QED) is 0.181. The van der Waals surface area contributed by atoms with Gasteiger partial charge >= 0.3 is 0 Å². The highest BCUT2D eigenvalue weighted by Crippen LogP contribution is 2.60. The molecule has 6 aromatic carbocycles. The van der Waals surface area contributed by atoms with Crippen LogP contribution in [0.1, 0.15) is 33.4 Å². The molecule has 2 aliphatic rings. The second-order valence-electron chi connectivity index (χ2n) is 14.1. The zero-order valence-corrected chi connectivity index (χ0v) is 29.3. The molecule has 2 aliphatic carbocycles. The lowest BCUT2D eigenvalue weighted by molar-refractivity contribution is 0.768. The molecule has 4 aromatic heterocycles. The van der Waals surface area contributed by atoms with Gasteiger partial charge in [-0.05, 0) is 98.6 Å². The summed E-state index contributed by atoms with van der Waals surface area (Å²) in [7, 11) is 0. The van der Waals surface area contributed by atoms with Gasteiger partial charge in [-0.3, -0.25) is 4.57 Å². The Morgan fingerprint density at radius 1 is 0.472 bits per heavy atom. The Balaban J connectivity index is 1.15. The molecule has 0 saturated heterocycles. The lowest BCUT2D eigenvalue weighted by Crippen LogP contribution is -2.30. The Morgan fingerprint density at radius 3 is 2.15 bits per heavy atom. The molecule has 12 rings (SSSR count). The van der Waals surface area contributed by atoms with E-state index in [2.05, 4.69) is 150 Å². The number of thiophene rings is 1. The Bertz CT molecular complexity index is 3180. The number of fused-ring (bicyclic) bond motifs is 15. The molecule has 1 unspecified atom stereocenters. The number of pyridine rings is 2. The minimum Gasteiger partial charge on any atom is -0.278 e. The molecule has 1 atom stereocenters. The molecule has 0 fully saturated rings. The van der Waals surface area contributed by atoms with Gasteiger partial charge in [0.15, 0.2) is 0 Å². The van der Waals surface area contributed by atoms with Gasteiger partial charge in [0.2, 0.25) is 0 Å². The van der Waals surface area contributed by atoms with E-state index in [0.717, 1.165) is 38.9 Å². The summed E-state index contributed by atoms with van der Waals surface area (Å²) in [6, 6.07) is 55.8. The first-order chi connectivity index (χ1) is 26.3. The van der Waals surface area contributed by atoms with Gasteiger partial charge in [0.05, 0.1) is 10.9 Å². The van der Waals surface area contributed by atoms with Crippen molar-refractivity contribution in [3.63, 3.8) is 0 Å². The molecule has 1 spiro atoms. The minimum atomic E-state index is -0.520. The third-order valence-electron chi connectivity index (χ3n) is 11.5. The van der Waals surface area contributed by atoms with Gasteiger partial charge < -0.3 is 0 Å². The van der Waals surface area contributed by atoms with Crippen molar-refractivity contribution >= 4 is 65.6 Å². The maximum Gasteiger partial charge on any atom is 0.146 e. The first kappa shape index (κ1) is 29.0. The number of aromatic nitrogens is 3. The van der Waals surface area contributed by atoms with Crippen molar-refractivity contribution in [1.82, 2.24) is 14.5 Å². The average Bonchev–Trinajstić information content (AvgIpc) is 3.81. The lowest BCUT2D eigenvalue weighted by atomic mass is 9.65. The zero-order valence-electron chi connectivity index (χ0n) is 28.5. The highest BCUT2D eigenvalue weighted by atomic mass is 32.1. The van der Waals surface area contributed by atoms with Crippen molar-refractivity contribution in [2.45, 2.75) is 5.41 Å². The van der Waals surface area contributed by atoms with E-state index in [0.29, 0.717) is 0 Å². The van der Waals surface area contributed by atoms with E-state index in [1.807, 2.05) is 41.9 Å². The molecular formula is C49H29N3S. The van der Waals surface area contributed by atoms with Crippen molar-refractivity contribution in [1.29, 1.82) is 0 Å². The van der Waals surface area contributed by atoms with Crippen LogP contribution in [0.3, 0.4) is 0 Å². The Labute approximate surface area is 309 Å². The standard InChI is InChI=1S/C49H29N3S/c1-5-15-40-30(11-1)20-21-31-22-23-32(33-25-39-35-13-3-7-17-44(35)52(48(39)51-29-33)47-19-9-10-24-50-47)26-42(31)49(40)41-16-6-2-12-34(41)37-27-38-36-14-4-8-18-45(36)53-46(38)28-43(37)49/h1-29H. The van der Waals surface area contributed by atoms with E-state index >= 15 is 0 Å². The fourth-order valence-electron chi connectivity index (χ4n) is 9.31. The maximum atomic E-state index is 5.16. The van der Waals surface area contributed by atoms with Gasteiger partial charge in [0.25, 0.3) is 0 Å². The number of hydrogen-bond acceptors (Lipinski definition) is 3. The SMILES string of the molecule is C1=Cc2ccc(-c3cnc4c(c3)c3ccccc3n4-c3ccccn3)cc2C2(c3ccccc31)c1ccccc1-c1cc3c(cc12)sc1ccccc13. The summed E-state index contributed by atoms with van der Waals surface area (Å²) in [6.45, 7) is 0. The molecular weight excluding hydrogens is 663 g/mol. The van der Waals surface area contributed by atoms with Crippen LogP contribution in [0.4, 0.5) is 0 Å².